The molecule has 0 aliphatic carbocycles. The topological polar surface area (TPSA) is 32.5 Å². The molecule has 2 saturated heterocycles. The minimum absolute atomic E-state index is 0.607. The third-order valence-electron chi connectivity index (χ3n) is 4.83. The molecule has 2 aliphatic heterocycles. The highest BCUT2D eigenvalue weighted by molar-refractivity contribution is 9.10. The van der Waals surface area contributed by atoms with Crippen LogP contribution in [0.25, 0.3) is 0 Å². The monoisotopic (exact) mass is 337 g/mol. The minimum Gasteiger partial charge on any atom is -0.398 e. The highest BCUT2D eigenvalue weighted by Crippen LogP contribution is 2.29. The van der Waals surface area contributed by atoms with Crippen LogP contribution >= 0.6 is 15.9 Å². The van der Waals surface area contributed by atoms with Crippen molar-refractivity contribution < 1.29 is 0 Å². The van der Waals surface area contributed by atoms with E-state index in [2.05, 4.69) is 38.7 Å². The Kier molecular flexibility index (Phi) is 4.34. The number of anilines is 1. The van der Waals surface area contributed by atoms with Crippen molar-refractivity contribution in [2.24, 2.45) is 0 Å². The van der Waals surface area contributed by atoms with Gasteiger partial charge in [-0.3, -0.25) is 9.80 Å². The maximum absolute atomic E-state index is 6.15. The van der Waals surface area contributed by atoms with Gasteiger partial charge in [0.25, 0.3) is 0 Å². The van der Waals surface area contributed by atoms with Gasteiger partial charge in [-0.1, -0.05) is 28.4 Å². The molecule has 2 aliphatic rings. The smallest absolute Gasteiger partial charge is 0.0371 e. The maximum atomic E-state index is 6.15. The van der Waals surface area contributed by atoms with Crippen molar-refractivity contribution in [2.75, 3.05) is 25.4 Å². The molecule has 1 aromatic rings. The fourth-order valence-corrected chi connectivity index (χ4v) is 4.09. The molecular weight excluding hydrogens is 314 g/mol. The van der Waals surface area contributed by atoms with E-state index in [0.29, 0.717) is 6.04 Å². The summed E-state index contributed by atoms with van der Waals surface area (Å²) >= 11 is 3.65. The number of piperidine rings is 1. The summed E-state index contributed by atoms with van der Waals surface area (Å²) in [6, 6.07) is 7.46. The van der Waals surface area contributed by atoms with Crippen molar-refractivity contribution in [3.8, 4) is 0 Å². The molecule has 2 unspecified atom stereocenters. The van der Waals surface area contributed by atoms with Gasteiger partial charge < -0.3 is 5.73 Å². The number of nitrogens with zero attached hydrogens (tertiary/aromatic N) is 2. The molecule has 2 heterocycles. The molecule has 3 nitrogen and oxygen atoms in total. The molecule has 110 valence electrons. The summed E-state index contributed by atoms with van der Waals surface area (Å²) in [7, 11) is 0. The lowest BCUT2D eigenvalue weighted by atomic mass is 9.96. The molecule has 0 aromatic heterocycles. The fourth-order valence-electron chi connectivity index (χ4n) is 3.58. The van der Waals surface area contributed by atoms with Gasteiger partial charge in [-0.25, -0.2) is 0 Å². The van der Waals surface area contributed by atoms with E-state index in [0.717, 1.165) is 22.7 Å². The van der Waals surface area contributed by atoms with Gasteiger partial charge in [0.05, 0.1) is 0 Å². The Bertz CT molecular complexity index is 457. The number of nitrogens with two attached hydrogens (primary N) is 1. The first kappa shape index (κ1) is 14.4. The Labute approximate surface area is 130 Å². The molecule has 2 N–H and O–H groups in total. The second-order valence-corrected chi connectivity index (χ2v) is 7.08. The van der Waals surface area contributed by atoms with E-state index in [1.165, 1.54) is 44.5 Å². The van der Waals surface area contributed by atoms with Crippen LogP contribution in [-0.4, -0.2) is 41.5 Å². The van der Waals surface area contributed by atoms with Crippen LogP contribution in [0.15, 0.2) is 22.7 Å². The van der Waals surface area contributed by atoms with Gasteiger partial charge in [-0.05, 0) is 38.4 Å². The highest BCUT2D eigenvalue weighted by Gasteiger charge is 2.33. The van der Waals surface area contributed by atoms with Crippen molar-refractivity contribution >= 4 is 21.6 Å². The number of hydrogen-bond donors (Lipinski definition) is 1. The van der Waals surface area contributed by atoms with Crippen LogP contribution in [0.5, 0.6) is 0 Å². The molecule has 4 heteroatoms. The van der Waals surface area contributed by atoms with Crippen molar-refractivity contribution in [1.29, 1.82) is 0 Å². The summed E-state index contributed by atoms with van der Waals surface area (Å²) in [6.45, 7) is 6.98. The van der Waals surface area contributed by atoms with Crippen LogP contribution in [0, 0.1) is 0 Å². The van der Waals surface area contributed by atoms with Gasteiger partial charge in [-0.2, -0.15) is 0 Å². The van der Waals surface area contributed by atoms with Gasteiger partial charge >= 0.3 is 0 Å². The summed E-state index contributed by atoms with van der Waals surface area (Å²) in [6.07, 6.45) is 4.12. The summed E-state index contributed by atoms with van der Waals surface area (Å²) < 4.78 is 1.13. The van der Waals surface area contributed by atoms with Gasteiger partial charge in [-0.15, -0.1) is 0 Å². The lowest BCUT2D eigenvalue weighted by molar-refractivity contribution is 0.0111. The number of hydrogen-bond acceptors (Lipinski definition) is 3. The van der Waals surface area contributed by atoms with Crippen molar-refractivity contribution in [3.63, 3.8) is 0 Å². The van der Waals surface area contributed by atoms with Crippen LogP contribution in [0.1, 0.15) is 31.7 Å². The number of halogens is 1. The average molecular weight is 338 g/mol. The van der Waals surface area contributed by atoms with E-state index in [9.17, 15) is 0 Å². The highest BCUT2D eigenvalue weighted by atomic mass is 79.9. The average Bonchev–Trinajstić information content (AvgIpc) is 2.43. The first-order valence-corrected chi connectivity index (χ1v) is 8.45. The quantitative estimate of drug-likeness (QED) is 0.841. The zero-order valence-corrected chi connectivity index (χ0v) is 13.8. The van der Waals surface area contributed by atoms with Crippen LogP contribution in [0.4, 0.5) is 5.69 Å². The maximum Gasteiger partial charge on any atom is 0.0371 e. The molecule has 0 saturated carbocycles. The van der Waals surface area contributed by atoms with E-state index < -0.39 is 0 Å². The van der Waals surface area contributed by atoms with Crippen molar-refractivity contribution in [2.45, 2.75) is 44.8 Å². The summed E-state index contributed by atoms with van der Waals surface area (Å²) in [4.78, 5) is 5.29. The summed E-state index contributed by atoms with van der Waals surface area (Å²) in [5.74, 6) is 0. The van der Waals surface area contributed by atoms with E-state index in [-0.39, 0.29) is 0 Å². The second kappa shape index (κ2) is 6.04. The SMILES string of the molecule is CC1CN2CCCCC2CN1Cc1c(N)cccc1Br. The molecule has 0 amide bonds. The third-order valence-corrected chi connectivity index (χ3v) is 5.58. The summed E-state index contributed by atoms with van der Waals surface area (Å²) in [5, 5.41) is 0. The van der Waals surface area contributed by atoms with Crippen LogP contribution in [-0.2, 0) is 6.54 Å². The number of fused-ring (bicyclic) bond motifs is 1. The van der Waals surface area contributed by atoms with Crippen molar-refractivity contribution in [1.82, 2.24) is 9.80 Å². The molecule has 2 atom stereocenters. The standard InChI is InChI=1S/C16H24BrN3/c1-12-9-19-8-3-2-5-13(19)10-20(12)11-14-15(17)6-4-7-16(14)18/h4,6-7,12-13H,2-3,5,8-11,18H2,1H3. The van der Waals surface area contributed by atoms with Gasteiger partial charge in [0.1, 0.15) is 0 Å². The first-order valence-electron chi connectivity index (χ1n) is 7.66. The molecule has 0 spiro atoms. The molecule has 0 radical (unpaired) electrons. The van der Waals surface area contributed by atoms with E-state index >= 15 is 0 Å². The van der Waals surface area contributed by atoms with Gasteiger partial charge in [0, 0.05) is 47.4 Å². The lowest BCUT2D eigenvalue weighted by Crippen LogP contribution is -2.58. The zero-order valence-electron chi connectivity index (χ0n) is 12.2. The molecule has 3 rings (SSSR count). The normalized spacial score (nSPS) is 28.3. The first-order chi connectivity index (χ1) is 9.65. The third kappa shape index (κ3) is 2.87. The van der Waals surface area contributed by atoms with Crippen LogP contribution < -0.4 is 5.73 Å². The molecule has 20 heavy (non-hydrogen) atoms. The Morgan fingerprint density at radius 3 is 2.95 bits per heavy atom. The largest absolute Gasteiger partial charge is 0.398 e. The van der Waals surface area contributed by atoms with E-state index in [4.69, 9.17) is 5.73 Å². The van der Waals surface area contributed by atoms with Gasteiger partial charge in [0.15, 0.2) is 0 Å². The fraction of sp³-hybridized carbons (Fsp3) is 0.625. The lowest BCUT2D eigenvalue weighted by Gasteiger charge is -2.47. The Balaban J connectivity index is 1.73. The Morgan fingerprint density at radius 2 is 2.15 bits per heavy atom. The minimum atomic E-state index is 0.607. The predicted molar refractivity (Wildman–Crippen MR) is 87.6 cm³/mol. The predicted octanol–water partition coefficient (Wildman–Crippen LogP) is 3.09. The van der Waals surface area contributed by atoms with E-state index in [1.807, 2.05) is 12.1 Å². The zero-order chi connectivity index (χ0) is 14.1. The van der Waals surface area contributed by atoms with Crippen LogP contribution in [0.3, 0.4) is 0 Å². The Hall–Kier alpha value is -0.580. The Morgan fingerprint density at radius 1 is 1.30 bits per heavy atom. The van der Waals surface area contributed by atoms with E-state index in [1.54, 1.807) is 0 Å². The molecular formula is C16H24BrN3. The van der Waals surface area contributed by atoms with Gasteiger partial charge in [0.2, 0.25) is 0 Å². The molecule has 0 bridgehead atoms. The molecule has 2 fully saturated rings. The number of benzene rings is 1. The van der Waals surface area contributed by atoms with Crippen LogP contribution in [0.2, 0.25) is 0 Å². The summed E-state index contributed by atoms with van der Waals surface area (Å²) in [5.41, 5.74) is 8.29. The number of nitrogen functional groups attached to an aromatic ring is 1. The number of rotatable bonds is 2. The molecule has 1 aromatic carbocycles. The number of piperazine rings is 1. The second-order valence-electron chi connectivity index (χ2n) is 6.23. The van der Waals surface area contributed by atoms with Crippen molar-refractivity contribution in [3.05, 3.63) is 28.2 Å².